The zero-order valence-electron chi connectivity index (χ0n) is 19.1. The largest absolute Gasteiger partial charge is 0.392 e. The van der Waals surface area contributed by atoms with Crippen LogP contribution in [0.1, 0.15) is 21.5 Å². The van der Waals surface area contributed by atoms with Crippen LogP contribution in [0.4, 0.5) is 11.8 Å². The summed E-state index contributed by atoms with van der Waals surface area (Å²) in [6, 6.07) is 20.9. The van der Waals surface area contributed by atoms with Crippen molar-refractivity contribution in [2.24, 2.45) is 0 Å². The Labute approximate surface area is 211 Å². The minimum atomic E-state index is -0.329. The van der Waals surface area contributed by atoms with Gasteiger partial charge in [-0.2, -0.15) is 4.98 Å². The number of hydrogen-bond acceptors (Lipinski definition) is 8. The third-order valence-corrected chi connectivity index (χ3v) is 6.86. The molecule has 0 aliphatic rings. The van der Waals surface area contributed by atoms with Gasteiger partial charge in [0, 0.05) is 34.3 Å². The molecule has 0 aliphatic heterocycles. The summed E-state index contributed by atoms with van der Waals surface area (Å²) >= 11 is 1.55. The Morgan fingerprint density at radius 3 is 2.47 bits per heavy atom. The third kappa shape index (κ3) is 4.85. The van der Waals surface area contributed by atoms with Gasteiger partial charge in [0.15, 0.2) is 5.65 Å². The number of nitrogens with one attached hydrogen (secondary N) is 1. The molecule has 0 saturated carbocycles. The van der Waals surface area contributed by atoms with Crippen LogP contribution >= 0.6 is 11.8 Å². The number of nitrogens with two attached hydrogens (primary N) is 2. The van der Waals surface area contributed by atoms with Crippen molar-refractivity contribution in [3.63, 3.8) is 0 Å². The summed E-state index contributed by atoms with van der Waals surface area (Å²) < 4.78 is 1.57. The van der Waals surface area contributed by atoms with E-state index in [1.54, 1.807) is 34.7 Å². The van der Waals surface area contributed by atoms with E-state index < -0.39 is 0 Å². The molecule has 0 unspecified atom stereocenters. The highest BCUT2D eigenvalue weighted by molar-refractivity contribution is 7.99. The number of amides is 1. The fourth-order valence-corrected chi connectivity index (χ4v) is 4.83. The summed E-state index contributed by atoms with van der Waals surface area (Å²) in [4.78, 5) is 23.5. The number of pyridine rings is 2. The quantitative estimate of drug-likeness (QED) is 0.267. The van der Waals surface area contributed by atoms with Gasteiger partial charge in [-0.3, -0.25) is 4.79 Å². The van der Waals surface area contributed by atoms with Crippen molar-refractivity contribution >= 4 is 35.1 Å². The van der Waals surface area contributed by atoms with Crippen molar-refractivity contribution in [2.45, 2.75) is 22.9 Å². The smallest absolute Gasteiger partial charge is 0.255 e. The normalized spacial score (nSPS) is 11.0. The molecule has 6 N–H and O–H groups in total. The number of aromatic nitrogens is 4. The van der Waals surface area contributed by atoms with Crippen LogP contribution in [0.5, 0.6) is 0 Å². The van der Waals surface area contributed by atoms with Crippen molar-refractivity contribution < 1.29 is 9.90 Å². The number of carbonyl (C=O) groups excluding carboxylic acids is 1. The first-order chi connectivity index (χ1) is 17.5. The molecule has 5 aromatic rings. The highest BCUT2D eigenvalue weighted by Crippen LogP contribution is 2.33. The van der Waals surface area contributed by atoms with Gasteiger partial charge in [-0.25, -0.2) is 9.50 Å². The first kappa shape index (κ1) is 23.3. The maximum absolute atomic E-state index is 13.1. The molecule has 10 heteroatoms. The fourth-order valence-electron chi connectivity index (χ4n) is 3.77. The molecule has 3 aromatic heterocycles. The number of fused-ring (bicyclic) bond motifs is 1. The van der Waals surface area contributed by atoms with Gasteiger partial charge in [-0.15, -0.1) is 5.10 Å². The predicted molar refractivity (Wildman–Crippen MR) is 139 cm³/mol. The van der Waals surface area contributed by atoms with E-state index in [1.165, 1.54) is 0 Å². The Hall–Kier alpha value is -4.41. The van der Waals surface area contributed by atoms with Crippen LogP contribution in [0.25, 0.3) is 16.8 Å². The first-order valence-corrected chi connectivity index (χ1v) is 11.9. The van der Waals surface area contributed by atoms with Gasteiger partial charge in [0.1, 0.15) is 5.82 Å². The molecule has 0 atom stereocenters. The monoisotopic (exact) mass is 497 g/mol. The zero-order chi connectivity index (χ0) is 25.1. The molecule has 3 heterocycles. The number of anilines is 2. The summed E-state index contributed by atoms with van der Waals surface area (Å²) in [6.45, 7) is 0.264. The van der Waals surface area contributed by atoms with Gasteiger partial charge in [-0.05, 0) is 47.0 Å². The molecule has 2 aromatic carbocycles. The van der Waals surface area contributed by atoms with E-state index in [1.807, 2.05) is 60.7 Å². The van der Waals surface area contributed by atoms with Crippen molar-refractivity contribution in [2.75, 3.05) is 11.5 Å². The lowest BCUT2D eigenvalue weighted by molar-refractivity contribution is 0.0951. The van der Waals surface area contributed by atoms with Gasteiger partial charge >= 0.3 is 0 Å². The Morgan fingerprint density at radius 1 is 0.972 bits per heavy atom. The van der Waals surface area contributed by atoms with Crippen molar-refractivity contribution in [1.82, 2.24) is 24.9 Å². The maximum Gasteiger partial charge on any atom is 0.255 e. The highest BCUT2D eigenvalue weighted by atomic mass is 32.2. The Balaban J connectivity index is 1.35. The van der Waals surface area contributed by atoms with Gasteiger partial charge in [0.25, 0.3) is 5.91 Å². The van der Waals surface area contributed by atoms with Gasteiger partial charge in [0.2, 0.25) is 5.95 Å². The molecule has 36 heavy (non-hydrogen) atoms. The van der Waals surface area contributed by atoms with E-state index in [0.717, 1.165) is 32.0 Å². The lowest BCUT2D eigenvalue weighted by Gasteiger charge is -2.13. The summed E-state index contributed by atoms with van der Waals surface area (Å²) in [5, 5.41) is 16.7. The summed E-state index contributed by atoms with van der Waals surface area (Å²) in [6.07, 6.45) is 3.36. The summed E-state index contributed by atoms with van der Waals surface area (Å²) in [7, 11) is 0. The number of benzene rings is 2. The van der Waals surface area contributed by atoms with E-state index in [-0.39, 0.29) is 29.8 Å². The minimum absolute atomic E-state index is 0.0396. The van der Waals surface area contributed by atoms with Crippen LogP contribution in [0.2, 0.25) is 0 Å². The average molecular weight is 498 g/mol. The first-order valence-electron chi connectivity index (χ1n) is 11.1. The third-order valence-electron chi connectivity index (χ3n) is 5.63. The van der Waals surface area contributed by atoms with Crippen LogP contribution in [-0.2, 0) is 13.2 Å². The molecule has 0 spiro atoms. The van der Waals surface area contributed by atoms with E-state index in [4.69, 9.17) is 11.5 Å². The number of aliphatic hydroxyl groups excluding tert-OH is 1. The minimum Gasteiger partial charge on any atom is -0.392 e. The molecule has 0 aliphatic carbocycles. The maximum atomic E-state index is 13.1. The van der Waals surface area contributed by atoms with Crippen LogP contribution < -0.4 is 16.8 Å². The second-order valence-corrected chi connectivity index (χ2v) is 9.09. The lowest BCUT2D eigenvalue weighted by Crippen LogP contribution is -2.24. The number of nitrogens with zero attached hydrogens (tertiary/aromatic N) is 4. The second kappa shape index (κ2) is 10.1. The van der Waals surface area contributed by atoms with Crippen molar-refractivity contribution in [1.29, 1.82) is 0 Å². The van der Waals surface area contributed by atoms with Crippen molar-refractivity contribution in [3.05, 3.63) is 95.8 Å². The molecule has 0 radical (unpaired) electrons. The highest BCUT2D eigenvalue weighted by Gasteiger charge is 2.15. The molecule has 180 valence electrons. The molecule has 0 bridgehead atoms. The molecule has 0 fully saturated rings. The zero-order valence-corrected chi connectivity index (χ0v) is 19.9. The van der Waals surface area contributed by atoms with E-state index in [9.17, 15) is 9.90 Å². The van der Waals surface area contributed by atoms with Gasteiger partial charge < -0.3 is 21.9 Å². The van der Waals surface area contributed by atoms with Crippen molar-refractivity contribution in [3.8, 4) is 11.1 Å². The Kier molecular flexibility index (Phi) is 6.52. The summed E-state index contributed by atoms with van der Waals surface area (Å²) in [5.74, 6) is -0.00487. The van der Waals surface area contributed by atoms with Crippen LogP contribution in [0.3, 0.4) is 0 Å². The average Bonchev–Trinajstić information content (AvgIpc) is 3.28. The molecule has 0 saturated heterocycles. The predicted octanol–water partition coefficient (Wildman–Crippen LogP) is 3.53. The topological polar surface area (TPSA) is 144 Å². The van der Waals surface area contributed by atoms with E-state index in [0.29, 0.717) is 12.2 Å². The molecule has 9 nitrogen and oxygen atoms in total. The molecular weight excluding hydrogens is 474 g/mol. The standard InChI is InChI=1S/C26H23N7O2S/c27-24-20(11-19(14-29-24)16-9-10-33-23(12-16)31-26(28)32-33)25(35)30-13-17-5-1-3-7-21(17)36-22-8-4-2-6-18(22)15-34/h1-12,14,34H,13,15H2,(H2,27,29)(H2,28,32)(H,30,35). The number of carbonyl (C=O) groups is 1. The van der Waals surface area contributed by atoms with Crippen LogP contribution in [0.15, 0.2) is 88.9 Å². The molecule has 5 rings (SSSR count). The second-order valence-electron chi connectivity index (χ2n) is 8.00. The number of hydrogen-bond donors (Lipinski definition) is 4. The van der Waals surface area contributed by atoms with Crippen LogP contribution in [0, 0.1) is 0 Å². The Morgan fingerprint density at radius 2 is 1.69 bits per heavy atom. The fraction of sp³-hybridized carbons (Fsp3) is 0.0769. The van der Waals surface area contributed by atoms with Gasteiger partial charge in [0.05, 0.1) is 12.2 Å². The Bertz CT molecular complexity index is 1570. The van der Waals surface area contributed by atoms with E-state index >= 15 is 0 Å². The number of aliphatic hydroxyl groups is 1. The molecular formula is C26H23N7O2S. The van der Waals surface area contributed by atoms with E-state index in [2.05, 4.69) is 20.4 Å². The van der Waals surface area contributed by atoms with Crippen LogP contribution in [-0.4, -0.2) is 30.6 Å². The lowest BCUT2D eigenvalue weighted by atomic mass is 10.1. The number of rotatable bonds is 7. The SMILES string of the molecule is Nc1nc2cc(-c3cnc(N)c(C(=O)NCc4ccccc4Sc4ccccc4CO)c3)ccn2n1. The molecule has 1 amide bonds. The number of nitrogen functional groups attached to an aromatic ring is 2. The van der Waals surface area contributed by atoms with Gasteiger partial charge in [-0.1, -0.05) is 48.2 Å². The summed E-state index contributed by atoms with van der Waals surface area (Å²) in [5.41, 5.74) is 15.9.